The topological polar surface area (TPSA) is 70.1 Å². The summed E-state index contributed by atoms with van der Waals surface area (Å²) >= 11 is 0. The van der Waals surface area contributed by atoms with E-state index in [0.717, 1.165) is 17.5 Å². The molecule has 0 amide bonds. The fourth-order valence-electron chi connectivity index (χ4n) is 1.26. The van der Waals surface area contributed by atoms with Crippen LogP contribution in [-0.2, 0) is 6.42 Å². The Labute approximate surface area is 77.7 Å². The van der Waals surface area contributed by atoms with Gasteiger partial charge in [0.15, 0.2) is 0 Å². The monoisotopic (exact) mass is 178 g/mol. The first-order chi connectivity index (χ1) is 6.06. The van der Waals surface area contributed by atoms with E-state index in [-0.39, 0.29) is 11.6 Å². The maximum atomic E-state index is 9.57. The van der Waals surface area contributed by atoms with Gasteiger partial charge in [-0.05, 0) is 30.5 Å². The average Bonchev–Trinajstić information content (AvgIpc) is 2.09. The lowest BCUT2D eigenvalue weighted by Gasteiger charge is -2.08. The van der Waals surface area contributed by atoms with Crippen molar-refractivity contribution < 1.29 is 5.11 Å². The maximum Gasteiger partial charge on any atom is 0.129 e. The molecule has 0 radical (unpaired) electrons. The molecule has 0 bridgehead atoms. The van der Waals surface area contributed by atoms with Crippen molar-refractivity contribution in [3.63, 3.8) is 0 Å². The van der Waals surface area contributed by atoms with Crippen LogP contribution in [0.2, 0.25) is 0 Å². The van der Waals surface area contributed by atoms with Gasteiger partial charge in [0.2, 0.25) is 0 Å². The number of phenolic OH excluding ortho intramolecular Hbond substituents is 1. The third-order valence-corrected chi connectivity index (χ3v) is 2.06. The smallest absolute Gasteiger partial charge is 0.129 e. The van der Waals surface area contributed by atoms with Crippen molar-refractivity contribution in [2.45, 2.75) is 20.3 Å². The number of aryl methyl sites for hydroxylation is 2. The van der Waals surface area contributed by atoms with Crippen molar-refractivity contribution in [2.24, 2.45) is 5.73 Å². The van der Waals surface area contributed by atoms with E-state index < -0.39 is 0 Å². The fourth-order valence-corrected chi connectivity index (χ4v) is 1.26. The van der Waals surface area contributed by atoms with Gasteiger partial charge in [0.25, 0.3) is 0 Å². The SMILES string of the molecule is CCc1cc(C)c(O)c(C(=N)N)c1. The molecular formula is C10H14N2O. The molecule has 0 saturated carbocycles. The molecule has 1 aromatic carbocycles. The van der Waals surface area contributed by atoms with E-state index in [1.807, 2.05) is 13.0 Å². The lowest BCUT2D eigenvalue weighted by Crippen LogP contribution is -2.12. The number of hydrogen-bond donors (Lipinski definition) is 3. The highest BCUT2D eigenvalue weighted by atomic mass is 16.3. The molecule has 0 heterocycles. The number of aromatic hydroxyl groups is 1. The third kappa shape index (κ3) is 1.80. The molecule has 1 aromatic rings. The van der Waals surface area contributed by atoms with Crippen molar-refractivity contribution in [3.05, 3.63) is 28.8 Å². The molecule has 4 N–H and O–H groups in total. The highest BCUT2D eigenvalue weighted by molar-refractivity contribution is 5.98. The van der Waals surface area contributed by atoms with Crippen LogP contribution in [-0.4, -0.2) is 10.9 Å². The predicted octanol–water partition coefficient (Wildman–Crippen LogP) is 1.55. The Hall–Kier alpha value is -1.51. The van der Waals surface area contributed by atoms with Gasteiger partial charge in [0, 0.05) is 0 Å². The van der Waals surface area contributed by atoms with Gasteiger partial charge in [0.1, 0.15) is 11.6 Å². The van der Waals surface area contributed by atoms with Crippen LogP contribution in [0.4, 0.5) is 0 Å². The first-order valence-electron chi connectivity index (χ1n) is 4.23. The number of hydrogen-bond acceptors (Lipinski definition) is 2. The minimum atomic E-state index is -0.0871. The first-order valence-corrected chi connectivity index (χ1v) is 4.23. The Morgan fingerprint density at radius 3 is 2.62 bits per heavy atom. The van der Waals surface area contributed by atoms with Gasteiger partial charge in [-0.2, -0.15) is 0 Å². The number of amidine groups is 1. The molecule has 0 aliphatic heterocycles. The lowest BCUT2D eigenvalue weighted by molar-refractivity contribution is 0.469. The zero-order chi connectivity index (χ0) is 10.0. The average molecular weight is 178 g/mol. The summed E-state index contributed by atoms with van der Waals surface area (Å²) in [5.41, 5.74) is 7.61. The van der Waals surface area contributed by atoms with E-state index in [9.17, 15) is 5.11 Å². The molecule has 0 unspecified atom stereocenters. The summed E-state index contributed by atoms with van der Waals surface area (Å²) in [5, 5.41) is 16.8. The number of benzene rings is 1. The van der Waals surface area contributed by atoms with Crippen molar-refractivity contribution >= 4 is 5.84 Å². The molecule has 0 fully saturated rings. The van der Waals surface area contributed by atoms with Crippen LogP contribution in [0.5, 0.6) is 5.75 Å². The molecule has 1 rings (SSSR count). The zero-order valence-electron chi connectivity index (χ0n) is 7.89. The summed E-state index contributed by atoms with van der Waals surface area (Å²) in [6.45, 7) is 3.83. The van der Waals surface area contributed by atoms with E-state index in [2.05, 4.69) is 0 Å². The van der Waals surface area contributed by atoms with E-state index in [1.54, 1.807) is 13.0 Å². The minimum Gasteiger partial charge on any atom is -0.507 e. The second kappa shape index (κ2) is 3.47. The van der Waals surface area contributed by atoms with Crippen LogP contribution in [0.3, 0.4) is 0 Å². The number of nitrogens with two attached hydrogens (primary N) is 1. The summed E-state index contributed by atoms with van der Waals surface area (Å²) in [5.74, 6) is 0.0283. The van der Waals surface area contributed by atoms with Gasteiger partial charge >= 0.3 is 0 Å². The highest BCUT2D eigenvalue weighted by Gasteiger charge is 2.08. The van der Waals surface area contributed by atoms with Crippen molar-refractivity contribution in [3.8, 4) is 5.75 Å². The van der Waals surface area contributed by atoms with Crippen LogP contribution >= 0.6 is 0 Å². The lowest BCUT2D eigenvalue weighted by atomic mass is 10.0. The van der Waals surface area contributed by atoms with Crippen LogP contribution in [0.25, 0.3) is 0 Å². The van der Waals surface area contributed by atoms with Gasteiger partial charge in [-0.1, -0.05) is 13.0 Å². The predicted molar refractivity (Wildman–Crippen MR) is 53.2 cm³/mol. The van der Waals surface area contributed by atoms with Crippen LogP contribution < -0.4 is 5.73 Å². The normalized spacial score (nSPS) is 10.0. The Bertz CT molecular complexity index is 345. The molecule has 0 aliphatic rings. The summed E-state index contributed by atoms with van der Waals surface area (Å²) in [7, 11) is 0. The number of rotatable bonds is 2. The van der Waals surface area contributed by atoms with Gasteiger partial charge in [-0.3, -0.25) is 5.41 Å². The largest absolute Gasteiger partial charge is 0.507 e. The van der Waals surface area contributed by atoms with Crippen LogP contribution in [0.1, 0.15) is 23.6 Å². The molecule has 70 valence electrons. The standard InChI is InChI=1S/C10H14N2O/c1-3-7-4-6(2)9(13)8(5-7)10(11)12/h4-5,13H,3H2,1-2H3,(H3,11,12). The van der Waals surface area contributed by atoms with Crippen molar-refractivity contribution in [1.29, 1.82) is 5.41 Å². The Morgan fingerprint density at radius 1 is 1.54 bits per heavy atom. The van der Waals surface area contributed by atoms with E-state index in [1.165, 1.54) is 0 Å². The van der Waals surface area contributed by atoms with E-state index in [4.69, 9.17) is 11.1 Å². The fraction of sp³-hybridized carbons (Fsp3) is 0.300. The molecule has 0 aliphatic carbocycles. The molecule has 0 aromatic heterocycles. The van der Waals surface area contributed by atoms with Gasteiger partial charge in [0.05, 0.1) is 5.56 Å². The second-order valence-corrected chi connectivity index (χ2v) is 3.08. The summed E-state index contributed by atoms with van der Waals surface area (Å²) in [6, 6.07) is 3.66. The third-order valence-electron chi connectivity index (χ3n) is 2.06. The van der Waals surface area contributed by atoms with Crippen molar-refractivity contribution in [2.75, 3.05) is 0 Å². The van der Waals surface area contributed by atoms with E-state index >= 15 is 0 Å². The molecule has 0 spiro atoms. The minimum absolute atomic E-state index is 0.0871. The maximum absolute atomic E-state index is 9.57. The highest BCUT2D eigenvalue weighted by Crippen LogP contribution is 2.23. The Kier molecular flexibility index (Phi) is 2.56. The van der Waals surface area contributed by atoms with Gasteiger partial charge in [-0.25, -0.2) is 0 Å². The summed E-state index contributed by atoms with van der Waals surface area (Å²) in [4.78, 5) is 0. The Balaban J connectivity index is 3.33. The first kappa shape index (κ1) is 9.58. The quantitative estimate of drug-likeness (QED) is 0.475. The molecular weight excluding hydrogens is 164 g/mol. The zero-order valence-corrected chi connectivity index (χ0v) is 7.89. The van der Waals surface area contributed by atoms with Crippen LogP contribution in [0.15, 0.2) is 12.1 Å². The molecule has 3 nitrogen and oxygen atoms in total. The summed E-state index contributed by atoms with van der Waals surface area (Å²) in [6.07, 6.45) is 0.876. The van der Waals surface area contributed by atoms with Crippen LogP contribution in [0, 0.1) is 12.3 Å². The van der Waals surface area contributed by atoms with Gasteiger partial charge < -0.3 is 10.8 Å². The van der Waals surface area contributed by atoms with Gasteiger partial charge in [-0.15, -0.1) is 0 Å². The molecule has 0 saturated heterocycles. The molecule has 0 atom stereocenters. The van der Waals surface area contributed by atoms with Crippen molar-refractivity contribution in [1.82, 2.24) is 0 Å². The van der Waals surface area contributed by atoms with E-state index in [0.29, 0.717) is 5.56 Å². The molecule has 13 heavy (non-hydrogen) atoms. The number of phenols is 1. The summed E-state index contributed by atoms with van der Waals surface area (Å²) < 4.78 is 0. The Morgan fingerprint density at radius 2 is 2.15 bits per heavy atom. The second-order valence-electron chi connectivity index (χ2n) is 3.08. The molecule has 3 heteroatoms. The number of nitrogen functional groups attached to an aromatic ring is 1. The number of nitrogens with one attached hydrogen (secondary N) is 1.